The summed E-state index contributed by atoms with van der Waals surface area (Å²) in [6.07, 6.45) is 0.344. The van der Waals surface area contributed by atoms with E-state index < -0.39 is 0 Å². The van der Waals surface area contributed by atoms with E-state index >= 15 is 0 Å². The van der Waals surface area contributed by atoms with Crippen LogP contribution in [0.4, 0.5) is 0 Å². The molecule has 0 aromatic rings. The molecule has 1 saturated heterocycles. The molecule has 1 fully saturated rings. The minimum atomic E-state index is 0.344. The first-order valence-electron chi connectivity index (χ1n) is 6.40. The summed E-state index contributed by atoms with van der Waals surface area (Å²) in [5, 5.41) is 2.28. The van der Waals surface area contributed by atoms with E-state index in [1.165, 1.54) is 0 Å². The minimum absolute atomic E-state index is 0.344. The highest BCUT2D eigenvalue weighted by Gasteiger charge is 2.21. The predicted octanol–water partition coefficient (Wildman–Crippen LogP) is 0.800. The zero-order valence-corrected chi connectivity index (χ0v) is 11.2. The molecular weight excluding hydrogens is 202 g/mol. The Morgan fingerprint density at radius 2 is 2.25 bits per heavy atom. The van der Waals surface area contributed by atoms with Crippen molar-refractivity contribution in [3.05, 3.63) is 0 Å². The maximum atomic E-state index is 5.78. The summed E-state index contributed by atoms with van der Waals surface area (Å²) in [4.78, 5) is 2.37. The third-order valence-corrected chi connectivity index (χ3v) is 2.71. The summed E-state index contributed by atoms with van der Waals surface area (Å²) in [6, 6.07) is 0. The second-order valence-corrected chi connectivity index (χ2v) is 5.07. The fourth-order valence-electron chi connectivity index (χ4n) is 2.24. The Hall–Kier alpha value is -0.160. The quantitative estimate of drug-likeness (QED) is 0.729. The third-order valence-electron chi connectivity index (χ3n) is 2.71. The number of hydrazine groups is 1. The topological polar surface area (TPSA) is 27.7 Å². The van der Waals surface area contributed by atoms with Gasteiger partial charge >= 0.3 is 0 Å². The van der Waals surface area contributed by atoms with Crippen LogP contribution in [0.1, 0.15) is 20.8 Å². The molecule has 0 amide bonds. The SMILES string of the molecule is CCNN1CCOC(CN(C)CC(C)C)C1. The van der Waals surface area contributed by atoms with E-state index in [0.717, 1.165) is 45.2 Å². The number of morpholine rings is 1. The summed E-state index contributed by atoms with van der Waals surface area (Å²) >= 11 is 0. The van der Waals surface area contributed by atoms with E-state index in [4.69, 9.17) is 4.74 Å². The van der Waals surface area contributed by atoms with Crippen LogP contribution in [0.15, 0.2) is 0 Å². The van der Waals surface area contributed by atoms with Crippen molar-refractivity contribution in [1.82, 2.24) is 15.3 Å². The van der Waals surface area contributed by atoms with Gasteiger partial charge in [-0.3, -0.25) is 5.43 Å². The van der Waals surface area contributed by atoms with Crippen LogP contribution in [0.5, 0.6) is 0 Å². The molecule has 0 aliphatic carbocycles. The van der Waals surface area contributed by atoms with Gasteiger partial charge in [-0.2, -0.15) is 0 Å². The van der Waals surface area contributed by atoms with Gasteiger partial charge in [-0.1, -0.05) is 20.8 Å². The molecule has 96 valence electrons. The number of likely N-dealkylation sites (N-methyl/N-ethyl adjacent to an activating group) is 1. The molecule has 0 aromatic heterocycles. The average molecular weight is 229 g/mol. The zero-order chi connectivity index (χ0) is 12.0. The van der Waals surface area contributed by atoms with Crippen molar-refractivity contribution in [2.24, 2.45) is 5.92 Å². The molecule has 0 radical (unpaired) electrons. The van der Waals surface area contributed by atoms with Gasteiger partial charge < -0.3 is 9.64 Å². The standard InChI is InChI=1S/C12H27N3O/c1-5-13-15-6-7-16-12(10-15)9-14(4)8-11(2)3/h11-13H,5-10H2,1-4H3. The van der Waals surface area contributed by atoms with Crippen LogP contribution in [0, 0.1) is 5.92 Å². The first kappa shape index (κ1) is 13.9. The highest BCUT2D eigenvalue weighted by molar-refractivity contribution is 4.72. The second-order valence-electron chi connectivity index (χ2n) is 5.07. The normalized spacial score (nSPS) is 23.2. The Balaban J connectivity index is 2.25. The molecule has 1 aliphatic heterocycles. The van der Waals surface area contributed by atoms with Gasteiger partial charge in [-0.15, -0.1) is 0 Å². The van der Waals surface area contributed by atoms with Crippen LogP contribution < -0.4 is 5.43 Å². The molecule has 0 aromatic carbocycles. The van der Waals surface area contributed by atoms with Crippen molar-refractivity contribution >= 4 is 0 Å². The van der Waals surface area contributed by atoms with E-state index in [9.17, 15) is 0 Å². The Bertz CT molecular complexity index is 185. The van der Waals surface area contributed by atoms with Gasteiger partial charge in [0.1, 0.15) is 0 Å². The van der Waals surface area contributed by atoms with Gasteiger partial charge in [-0.05, 0) is 13.0 Å². The van der Waals surface area contributed by atoms with Crippen molar-refractivity contribution in [3.63, 3.8) is 0 Å². The molecule has 1 N–H and O–H groups in total. The van der Waals surface area contributed by atoms with E-state index in [2.05, 4.69) is 43.2 Å². The zero-order valence-electron chi connectivity index (χ0n) is 11.2. The number of nitrogens with zero attached hydrogens (tertiary/aromatic N) is 2. The Kier molecular flexibility index (Phi) is 6.28. The molecule has 4 heteroatoms. The van der Waals surface area contributed by atoms with Gasteiger partial charge in [0.25, 0.3) is 0 Å². The van der Waals surface area contributed by atoms with Crippen LogP contribution in [0.2, 0.25) is 0 Å². The van der Waals surface area contributed by atoms with Gasteiger partial charge in [-0.25, -0.2) is 5.01 Å². The summed E-state index contributed by atoms with van der Waals surface area (Å²) in [6.45, 7) is 12.6. The van der Waals surface area contributed by atoms with Crippen LogP contribution in [-0.4, -0.2) is 62.4 Å². The molecule has 0 spiro atoms. The second kappa shape index (κ2) is 7.22. The Morgan fingerprint density at radius 3 is 2.88 bits per heavy atom. The van der Waals surface area contributed by atoms with Crippen LogP contribution in [0.3, 0.4) is 0 Å². The van der Waals surface area contributed by atoms with Crippen LogP contribution in [-0.2, 0) is 4.74 Å². The van der Waals surface area contributed by atoms with Gasteiger partial charge in [0.2, 0.25) is 0 Å². The van der Waals surface area contributed by atoms with Crippen molar-refractivity contribution in [2.75, 3.05) is 46.4 Å². The number of ether oxygens (including phenoxy) is 1. The van der Waals surface area contributed by atoms with Gasteiger partial charge in [0.15, 0.2) is 0 Å². The van der Waals surface area contributed by atoms with Gasteiger partial charge in [0.05, 0.1) is 12.7 Å². The summed E-state index contributed by atoms with van der Waals surface area (Å²) in [5.74, 6) is 0.721. The minimum Gasteiger partial charge on any atom is -0.374 e. The molecule has 0 bridgehead atoms. The Labute approximate surface area is 99.9 Å². The third kappa shape index (κ3) is 5.25. The maximum Gasteiger partial charge on any atom is 0.0843 e. The summed E-state index contributed by atoms with van der Waals surface area (Å²) in [5.41, 5.74) is 3.36. The van der Waals surface area contributed by atoms with Gasteiger partial charge in [0, 0.05) is 32.7 Å². The molecule has 1 heterocycles. The molecule has 0 saturated carbocycles. The molecule has 1 rings (SSSR count). The molecule has 1 unspecified atom stereocenters. The Morgan fingerprint density at radius 1 is 1.50 bits per heavy atom. The highest BCUT2D eigenvalue weighted by Crippen LogP contribution is 2.05. The fraction of sp³-hybridized carbons (Fsp3) is 1.00. The lowest BCUT2D eigenvalue weighted by Crippen LogP contribution is -2.52. The molecule has 1 atom stereocenters. The lowest BCUT2D eigenvalue weighted by Gasteiger charge is -2.35. The number of hydrogen-bond acceptors (Lipinski definition) is 4. The fourth-order valence-corrected chi connectivity index (χ4v) is 2.24. The van der Waals surface area contributed by atoms with E-state index in [0.29, 0.717) is 6.10 Å². The van der Waals surface area contributed by atoms with Crippen LogP contribution in [0.25, 0.3) is 0 Å². The molecule has 1 aliphatic rings. The largest absolute Gasteiger partial charge is 0.374 e. The van der Waals surface area contributed by atoms with E-state index in [-0.39, 0.29) is 0 Å². The smallest absolute Gasteiger partial charge is 0.0843 e. The highest BCUT2D eigenvalue weighted by atomic mass is 16.5. The van der Waals surface area contributed by atoms with E-state index in [1.54, 1.807) is 0 Å². The van der Waals surface area contributed by atoms with Crippen LogP contribution >= 0.6 is 0 Å². The summed E-state index contributed by atoms with van der Waals surface area (Å²) in [7, 11) is 2.18. The average Bonchev–Trinajstić information content (AvgIpc) is 2.17. The lowest BCUT2D eigenvalue weighted by molar-refractivity contribution is -0.0574. The van der Waals surface area contributed by atoms with Crippen molar-refractivity contribution < 1.29 is 4.74 Å². The lowest BCUT2D eigenvalue weighted by atomic mass is 10.2. The number of nitrogens with one attached hydrogen (secondary N) is 1. The van der Waals surface area contributed by atoms with Crippen molar-refractivity contribution in [1.29, 1.82) is 0 Å². The first-order chi connectivity index (χ1) is 7.61. The monoisotopic (exact) mass is 229 g/mol. The molecular formula is C12H27N3O. The number of hydrogen-bond donors (Lipinski definition) is 1. The molecule has 16 heavy (non-hydrogen) atoms. The first-order valence-corrected chi connectivity index (χ1v) is 6.40. The number of rotatable bonds is 6. The predicted molar refractivity (Wildman–Crippen MR) is 67.3 cm³/mol. The van der Waals surface area contributed by atoms with E-state index in [1.807, 2.05) is 0 Å². The van der Waals surface area contributed by atoms with Crippen molar-refractivity contribution in [2.45, 2.75) is 26.9 Å². The maximum absolute atomic E-state index is 5.78. The molecule has 4 nitrogen and oxygen atoms in total. The van der Waals surface area contributed by atoms with Crippen molar-refractivity contribution in [3.8, 4) is 0 Å². The summed E-state index contributed by atoms with van der Waals surface area (Å²) < 4.78 is 5.78.